The van der Waals surface area contributed by atoms with E-state index in [1.165, 1.54) is 18.9 Å². The molecule has 148 valence electrons. The molecule has 0 spiro atoms. The van der Waals surface area contributed by atoms with Gasteiger partial charge < -0.3 is 15.5 Å². The van der Waals surface area contributed by atoms with Crippen molar-refractivity contribution >= 4 is 17.4 Å². The van der Waals surface area contributed by atoms with Gasteiger partial charge in [-0.15, -0.1) is 0 Å². The average molecular weight is 386 g/mol. The SMILES string of the molecule is NC(=O)CCC(CN1CN(CC2CC2)c2ncccc21)c1cc(F)ccc1F. The molecule has 1 atom stereocenters. The molecule has 1 unspecified atom stereocenters. The number of pyridine rings is 1. The highest BCUT2D eigenvalue weighted by Crippen LogP contribution is 2.39. The molecule has 7 heteroatoms. The van der Waals surface area contributed by atoms with E-state index in [1.807, 2.05) is 12.1 Å². The van der Waals surface area contributed by atoms with Crippen LogP contribution in [0.5, 0.6) is 0 Å². The van der Waals surface area contributed by atoms with Gasteiger partial charge in [0, 0.05) is 31.6 Å². The molecule has 1 aliphatic carbocycles. The van der Waals surface area contributed by atoms with Crippen molar-refractivity contribution in [2.24, 2.45) is 11.7 Å². The predicted molar refractivity (Wildman–Crippen MR) is 104 cm³/mol. The molecule has 1 aromatic carbocycles. The van der Waals surface area contributed by atoms with Gasteiger partial charge in [0.05, 0.1) is 12.4 Å². The summed E-state index contributed by atoms with van der Waals surface area (Å²) in [7, 11) is 0. The quantitative estimate of drug-likeness (QED) is 0.755. The summed E-state index contributed by atoms with van der Waals surface area (Å²) in [4.78, 5) is 20.2. The first-order valence-electron chi connectivity index (χ1n) is 9.69. The molecule has 2 aliphatic rings. The zero-order chi connectivity index (χ0) is 19.7. The zero-order valence-corrected chi connectivity index (χ0v) is 15.7. The maximum atomic E-state index is 14.4. The van der Waals surface area contributed by atoms with Crippen LogP contribution in [0.25, 0.3) is 0 Å². The van der Waals surface area contributed by atoms with Crippen molar-refractivity contribution in [2.45, 2.75) is 31.6 Å². The Bertz CT molecular complexity index is 871. The number of nitrogens with zero attached hydrogens (tertiary/aromatic N) is 3. The second-order valence-electron chi connectivity index (χ2n) is 7.74. The molecule has 0 radical (unpaired) electrons. The Morgan fingerprint density at radius 2 is 2.07 bits per heavy atom. The van der Waals surface area contributed by atoms with E-state index < -0.39 is 17.5 Å². The van der Waals surface area contributed by atoms with Gasteiger partial charge in [0.25, 0.3) is 0 Å². The first kappa shape index (κ1) is 18.7. The van der Waals surface area contributed by atoms with Crippen molar-refractivity contribution in [3.05, 3.63) is 53.7 Å². The third kappa shape index (κ3) is 4.08. The molecule has 2 N–H and O–H groups in total. The maximum absolute atomic E-state index is 14.4. The highest BCUT2D eigenvalue weighted by atomic mass is 19.1. The van der Waals surface area contributed by atoms with Crippen LogP contribution in [0, 0.1) is 17.6 Å². The zero-order valence-electron chi connectivity index (χ0n) is 15.7. The average Bonchev–Trinajstić information content (AvgIpc) is 3.43. The molecule has 2 heterocycles. The van der Waals surface area contributed by atoms with Crippen LogP contribution in [0.3, 0.4) is 0 Å². The van der Waals surface area contributed by atoms with Crippen LogP contribution in [-0.2, 0) is 4.79 Å². The Hall–Kier alpha value is -2.70. The molecule has 0 saturated heterocycles. The van der Waals surface area contributed by atoms with E-state index >= 15 is 0 Å². The van der Waals surface area contributed by atoms with Gasteiger partial charge in [0.1, 0.15) is 11.6 Å². The largest absolute Gasteiger partial charge is 0.370 e. The number of amides is 1. The number of rotatable bonds is 8. The number of primary amides is 1. The number of carbonyl (C=O) groups is 1. The van der Waals surface area contributed by atoms with E-state index in [-0.39, 0.29) is 17.9 Å². The Morgan fingerprint density at radius 3 is 2.82 bits per heavy atom. The van der Waals surface area contributed by atoms with E-state index in [2.05, 4.69) is 14.8 Å². The van der Waals surface area contributed by atoms with E-state index in [4.69, 9.17) is 5.73 Å². The molecule has 1 aliphatic heterocycles. The van der Waals surface area contributed by atoms with E-state index in [9.17, 15) is 13.6 Å². The van der Waals surface area contributed by atoms with Gasteiger partial charge in [-0.05, 0) is 61.1 Å². The smallest absolute Gasteiger partial charge is 0.217 e. The fraction of sp³-hybridized carbons (Fsp3) is 0.429. The van der Waals surface area contributed by atoms with E-state index in [1.54, 1.807) is 6.20 Å². The summed E-state index contributed by atoms with van der Waals surface area (Å²) < 4.78 is 28.2. The number of nitrogens with two attached hydrogens (primary N) is 1. The highest BCUT2D eigenvalue weighted by molar-refractivity contribution is 5.74. The van der Waals surface area contributed by atoms with Crippen LogP contribution in [0.1, 0.15) is 37.2 Å². The van der Waals surface area contributed by atoms with E-state index in [0.717, 1.165) is 30.2 Å². The third-order valence-electron chi connectivity index (χ3n) is 5.50. The fourth-order valence-corrected chi connectivity index (χ4v) is 3.90. The lowest BCUT2D eigenvalue weighted by Crippen LogP contribution is -2.35. The van der Waals surface area contributed by atoms with Crippen molar-refractivity contribution in [1.29, 1.82) is 0 Å². The summed E-state index contributed by atoms with van der Waals surface area (Å²) in [6.07, 6.45) is 4.76. The lowest BCUT2D eigenvalue weighted by atomic mass is 9.92. The number of carbonyl (C=O) groups excluding carboxylic acids is 1. The molecule has 5 nitrogen and oxygen atoms in total. The van der Waals surface area contributed by atoms with Gasteiger partial charge in [-0.3, -0.25) is 4.79 Å². The highest BCUT2D eigenvalue weighted by Gasteiger charge is 2.33. The van der Waals surface area contributed by atoms with Gasteiger partial charge in [-0.1, -0.05) is 0 Å². The second-order valence-corrected chi connectivity index (χ2v) is 7.74. The summed E-state index contributed by atoms with van der Waals surface area (Å²) in [6, 6.07) is 7.36. The number of hydrogen-bond donors (Lipinski definition) is 1. The predicted octanol–water partition coefficient (Wildman–Crippen LogP) is 3.40. The molecule has 0 bridgehead atoms. The molecule has 4 rings (SSSR count). The number of benzene rings is 1. The number of anilines is 2. The minimum atomic E-state index is -0.487. The first-order valence-corrected chi connectivity index (χ1v) is 9.69. The Kier molecular flexibility index (Phi) is 5.15. The van der Waals surface area contributed by atoms with Crippen LogP contribution in [0.2, 0.25) is 0 Å². The Labute approximate surface area is 163 Å². The number of aromatic nitrogens is 1. The minimum Gasteiger partial charge on any atom is -0.370 e. The molecule has 1 saturated carbocycles. The van der Waals surface area contributed by atoms with Crippen molar-refractivity contribution < 1.29 is 13.6 Å². The number of halogens is 2. The second kappa shape index (κ2) is 7.73. The molecule has 1 aromatic heterocycles. The summed E-state index contributed by atoms with van der Waals surface area (Å²) in [5.74, 6) is -0.0997. The Morgan fingerprint density at radius 1 is 1.25 bits per heavy atom. The van der Waals surface area contributed by atoms with Gasteiger partial charge in [0.15, 0.2) is 5.82 Å². The van der Waals surface area contributed by atoms with E-state index in [0.29, 0.717) is 25.6 Å². The molecule has 1 fully saturated rings. The van der Waals surface area contributed by atoms with Gasteiger partial charge in [-0.2, -0.15) is 0 Å². The molecule has 28 heavy (non-hydrogen) atoms. The lowest BCUT2D eigenvalue weighted by Gasteiger charge is -2.27. The monoisotopic (exact) mass is 386 g/mol. The fourth-order valence-electron chi connectivity index (χ4n) is 3.90. The van der Waals surface area contributed by atoms with Crippen LogP contribution in [0.4, 0.5) is 20.3 Å². The lowest BCUT2D eigenvalue weighted by molar-refractivity contribution is -0.118. The van der Waals surface area contributed by atoms with Crippen LogP contribution in [0.15, 0.2) is 36.5 Å². The third-order valence-corrected chi connectivity index (χ3v) is 5.50. The molecular formula is C21H24F2N4O. The summed E-state index contributed by atoms with van der Waals surface area (Å²) in [6.45, 7) is 2.08. The number of hydrogen-bond acceptors (Lipinski definition) is 4. The summed E-state index contributed by atoms with van der Waals surface area (Å²) >= 11 is 0. The molecule has 1 amide bonds. The van der Waals surface area contributed by atoms with Crippen LogP contribution < -0.4 is 15.5 Å². The van der Waals surface area contributed by atoms with Crippen molar-refractivity contribution in [2.75, 3.05) is 29.6 Å². The number of fused-ring (bicyclic) bond motifs is 1. The normalized spacial score (nSPS) is 16.9. The minimum absolute atomic E-state index is 0.125. The summed E-state index contributed by atoms with van der Waals surface area (Å²) in [5.41, 5.74) is 6.59. The van der Waals surface area contributed by atoms with Crippen molar-refractivity contribution in [1.82, 2.24) is 4.98 Å². The van der Waals surface area contributed by atoms with Crippen LogP contribution in [-0.4, -0.2) is 30.6 Å². The van der Waals surface area contributed by atoms with Gasteiger partial charge in [0.2, 0.25) is 5.91 Å². The standard InChI is InChI=1S/C21H24F2N4O/c22-16-6-7-18(23)17(10-16)15(5-8-20(24)28)12-26-13-27(11-14-3-4-14)21-19(26)2-1-9-25-21/h1-2,6-7,9-10,14-15H,3-5,8,11-13H2,(H2,24,28). The van der Waals surface area contributed by atoms with Crippen molar-refractivity contribution in [3.63, 3.8) is 0 Å². The topological polar surface area (TPSA) is 62.5 Å². The molecular weight excluding hydrogens is 362 g/mol. The summed E-state index contributed by atoms with van der Waals surface area (Å²) in [5, 5.41) is 0. The van der Waals surface area contributed by atoms with Crippen LogP contribution >= 0.6 is 0 Å². The van der Waals surface area contributed by atoms with Gasteiger partial charge in [-0.25, -0.2) is 13.8 Å². The van der Waals surface area contributed by atoms with Crippen molar-refractivity contribution in [3.8, 4) is 0 Å². The Balaban J connectivity index is 1.59. The van der Waals surface area contributed by atoms with Gasteiger partial charge >= 0.3 is 0 Å². The molecule has 2 aromatic rings. The maximum Gasteiger partial charge on any atom is 0.217 e. The first-order chi connectivity index (χ1) is 13.5.